The molecular formula is C15H12N2O. The fourth-order valence-corrected chi connectivity index (χ4v) is 2.25. The Morgan fingerprint density at radius 1 is 1.06 bits per heavy atom. The van der Waals surface area contributed by atoms with Crippen LogP contribution in [0.1, 0.15) is 24.1 Å². The smallest absolute Gasteiger partial charge is 0.190 e. The standard InChI is InChI=1S/C15H12N2O/c1-10-15(18)13(11-6-3-2-4-7-11)14-12(17-10)8-5-9-16-14/h2-9,13H,1H3. The van der Waals surface area contributed by atoms with E-state index in [-0.39, 0.29) is 11.7 Å². The molecule has 3 heteroatoms. The van der Waals surface area contributed by atoms with Crippen LogP contribution < -0.4 is 0 Å². The number of carbonyl (C=O) groups is 1. The number of carbonyl (C=O) groups excluding carboxylic acids is 1. The molecule has 0 N–H and O–H groups in total. The Labute approximate surface area is 105 Å². The van der Waals surface area contributed by atoms with Crippen LogP contribution in [0.15, 0.2) is 53.7 Å². The summed E-state index contributed by atoms with van der Waals surface area (Å²) in [6.45, 7) is 1.76. The van der Waals surface area contributed by atoms with Crippen molar-refractivity contribution in [1.29, 1.82) is 0 Å². The van der Waals surface area contributed by atoms with E-state index in [9.17, 15) is 4.79 Å². The SMILES string of the molecule is CC1=Nc2cccnc2C(c2ccccc2)C1=O. The first kappa shape index (κ1) is 10.8. The Morgan fingerprint density at radius 2 is 1.83 bits per heavy atom. The minimum atomic E-state index is -0.320. The van der Waals surface area contributed by atoms with Crippen molar-refractivity contribution in [3.8, 4) is 0 Å². The van der Waals surface area contributed by atoms with Gasteiger partial charge in [-0.3, -0.25) is 9.78 Å². The number of aliphatic imine (C=N–C) groups is 1. The largest absolute Gasteiger partial charge is 0.292 e. The molecule has 2 aromatic rings. The highest BCUT2D eigenvalue weighted by atomic mass is 16.1. The highest BCUT2D eigenvalue weighted by Crippen LogP contribution is 2.34. The highest BCUT2D eigenvalue weighted by Gasteiger charge is 2.31. The maximum absolute atomic E-state index is 12.3. The lowest BCUT2D eigenvalue weighted by Gasteiger charge is -2.21. The normalized spacial score (nSPS) is 18.2. The van der Waals surface area contributed by atoms with Crippen molar-refractivity contribution >= 4 is 17.2 Å². The Kier molecular flexibility index (Phi) is 2.52. The van der Waals surface area contributed by atoms with Gasteiger partial charge in [-0.15, -0.1) is 0 Å². The molecular weight excluding hydrogens is 224 g/mol. The maximum atomic E-state index is 12.3. The van der Waals surface area contributed by atoms with E-state index in [1.54, 1.807) is 13.1 Å². The molecule has 3 rings (SSSR count). The summed E-state index contributed by atoms with van der Waals surface area (Å²) in [4.78, 5) is 21.0. The third kappa shape index (κ3) is 1.64. The summed E-state index contributed by atoms with van der Waals surface area (Å²) in [5, 5.41) is 0. The molecule has 0 radical (unpaired) electrons. The van der Waals surface area contributed by atoms with Crippen molar-refractivity contribution in [2.24, 2.45) is 4.99 Å². The van der Waals surface area contributed by atoms with Crippen LogP contribution in [-0.2, 0) is 4.79 Å². The second kappa shape index (κ2) is 4.18. The zero-order valence-corrected chi connectivity index (χ0v) is 10.00. The van der Waals surface area contributed by atoms with E-state index in [0.29, 0.717) is 5.71 Å². The molecule has 0 amide bonds. The van der Waals surface area contributed by atoms with Crippen molar-refractivity contribution in [2.75, 3.05) is 0 Å². The minimum Gasteiger partial charge on any atom is -0.292 e. The van der Waals surface area contributed by atoms with Gasteiger partial charge in [0.1, 0.15) is 0 Å². The van der Waals surface area contributed by atoms with Gasteiger partial charge in [0.15, 0.2) is 5.78 Å². The molecule has 0 saturated heterocycles. The lowest BCUT2D eigenvalue weighted by atomic mass is 9.86. The van der Waals surface area contributed by atoms with Crippen LogP contribution in [0, 0.1) is 0 Å². The van der Waals surface area contributed by atoms with E-state index >= 15 is 0 Å². The molecule has 2 heterocycles. The van der Waals surface area contributed by atoms with E-state index in [4.69, 9.17) is 0 Å². The Morgan fingerprint density at radius 3 is 2.61 bits per heavy atom. The zero-order valence-electron chi connectivity index (χ0n) is 10.00. The second-order valence-corrected chi connectivity index (χ2v) is 4.31. The quantitative estimate of drug-likeness (QED) is 0.764. The molecule has 1 atom stereocenters. The molecule has 0 aliphatic carbocycles. The first-order chi connectivity index (χ1) is 8.77. The van der Waals surface area contributed by atoms with Gasteiger partial charge >= 0.3 is 0 Å². The lowest BCUT2D eigenvalue weighted by Crippen LogP contribution is -2.25. The van der Waals surface area contributed by atoms with E-state index in [0.717, 1.165) is 16.9 Å². The van der Waals surface area contributed by atoms with Gasteiger partial charge in [0.05, 0.1) is 23.0 Å². The van der Waals surface area contributed by atoms with Crippen LogP contribution in [-0.4, -0.2) is 16.5 Å². The molecule has 88 valence electrons. The lowest BCUT2D eigenvalue weighted by molar-refractivity contribution is -0.113. The van der Waals surface area contributed by atoms with Crippen LogP contribution in [0.4, 0.5) is 5.69 Å². The van der Waals surface area contributed by atoms with Crippen LogP contribution in [0.3, 0.4) is 0 Å². The Bertz CT molecular complexity index is 632. The van der Waals surface area contributed by atoms with E-state index in [1.165, 1.54) is 0 Å². The number of hydrogen-bond donors (Lipinski definition) is 0. The van der Waals surface area contributed by atoms with Crippen molar-refractivity contribution in [3.63, 3.8) is 0 Å². The van der Waals surface area contributed by atoms with Gasteiger partial charge in [0, 0.05) is 6.20 Å². The van der Waals surface area contributed by atoms with Crippen molar-refractivity contribution < 1.29 is 4.79 Å². The summed E-state index contributed by atoms with van der Waals surface area (Å²) in [6, 6.07) is 13.5. The third-order valence-electron chi connectivity index (χ3n) is 3.13. The van der Waals surface area contributed by atoms with Crippen LogP contribution in [0.25, 0.3) is 0 Å². The molecule has 1 unspecified atom stereocenters. The number of nitrogens with zero attached hydrogens (tertiary/aromatic N) is 2. The first-order valence-corrected chi connectivity index (χ1v) is 5.87. The molecule has 0 saturated carbocycles. The Balaban J connectivity index is 2.20. The van der Waals surface area contributed by atoms with Gasteiger partial charge in [0.25, 0.3) is 0 Å². The highest BCUT2D eigenvalue weighted by molar-refractivity contribution is 6.43. The van der Waals surface area contributed by atoms with Crippen molar-refractivity contribution in [2.45, 2.75) is 12.8 Å². The summed E-state index contributed by atoms with van der Waals surface area (Å²) in [5.41, 5.74) is 3.06. The minimum absolute atomic E-state index is 0.0346. The van der Waals surface area contributed by atoms with Gasteiger partial charge in [0.2, 0.25) is 0 Å². The number of fused-ring (bicyclic) bond motifs is 1. The molecule has 1 aliphatic heterocycles. The molecule has 1 aliphatic rings. The van der Waals surface area contributed by atoms with Crippen molar-refractivity contribution in [3.05, 3.63) is 59.9 Å². The number of ketones is 1. The molecule has 3 nitrogen and oxygen atoms in total. The summed E-state index contributed by atoms with van der Waals surface area (Å²) < 4.78 is 0. The van der Waals surface area contributed by atoms with E-state index < -0.39 is 0 Å². The van der Waals surface area contributed by atoms with Gasteiger partial charge in [-0.25, -0.2) is 4.99 Å². The molecule has 0 fully saturated rings. The van der Waals surface area contributed by atoms with Crippen LogP contribution >= 0.6 is 0 Å². The number of pyridine rings is 1. The number of aromatic nitrogens is 1. The summed E-state index contributed by atoms with van der Waals surface area (Å²) >= 11 is 0. The fraction of sp³-hybridized carbons (Fsp3) is 0.133. The van der Waals surface area contributed by atoms with Gasteiger partial charge in [-0.1, -0.05) is 30.3 Å². The summed E-state index contributed by atoms with van der Waals surface area (Å²) in [7, 11) is 0. The fourth-order valence-electron chi connectivity index (χ4n) is 2.25. The Hall–Kier alpha value is -2.29. The van der Waals surface area contributed by atoms with Crippen molar-refractivity contribution in [1.82, 2.24) is 4.98 Å². The topological polar surface area (TPSA) is 42.3 Å². The average Bonchev–Trinajstić information content (AvgIpc) is 2.41. The van der Waals surface area contributed by atoms with E-state index in [2.05, 4.69) is 9.98 Å². The molecule has 1 aromatic carbocycles. The third-order valence-corrected chi connectivity index (χ3v) is 3.13. The maximum Gasteiger partial charge on any atom is 0.190 e. The predicted octanol–water partition coefficient (Wildman–Crippen LogP) is 2.89. The van der Waals surface area contributed by atoms with Gasteiger partial charge < -0.3 is 0 Å². The molecule has 0 spiro atoms. The monoisotopic (exact) mass is 236 g/mol. The molecule has 1 aromatic heterocycles. The van der Waals surface area contributed by atoms with Crippen LogP contribution in [0.2, 0.25) is 0 Å². The molecule has 18 heavy (non-hydrogen) atoms. The van der Waals surface area contributed by atoms with Gasteiger partial charge in [-0.2, -0.15) is 0 Å². The first-order valence-electron chi connectivity index (χ1n) is 5.87. The number of Topliss-reactive ketones (excluding diaryl/α,β-unsaturated/α-hetero) is 1. The average molecular weight is 236 g/mol. The number of hydrogen-bond acceptors (Lipinski definition) is 3. The van der Waals surface area contributed by atoms with E-state index in [1.807, 2.05) is 42.5 Å². The van der Waals surface area contributed by atoms with Gasteiger partial charge in [-0.05, 0) is 24.6 Å². The number of rotatable bonds is 1. The number of benzene rings is 1. The second-order valence-electron chi connectivity index (χ2n) is 4.31. The zero-order chi connectivity index (χ0) is 12.5. The summed E-state index contributed by atoms with van der Waals surface area (Å²) in [5.74, 6) is -0.285. The predicted molar refractivity (Wildman–Crippen MR) is 70.3 cm³/mol. The molecule has 0 bridgehead atoms. The summed E-state index contributed by atoms with van der Waals surface area (Å²) in [6.07, 6.45) is 1.71. The van der Waals surface area contributed by atoms with Crippen LogP contribution in [0.5, 0.6) is 0 Å².